The van der Waals surface area contributed by atoms with Crippen LogP contribution in [0.4, 0.5) is 5.69 Å². The molecule has 20 heavy (non-hydrogen) atoms. The van der Waals surface area contributed by atoms with E-state index in [1.807, 2.05) is 66.7 Å². The first kappa shape index (κ1) is 12.4. The van der Waals surface area contributed by atoms with E-state index in [9.17, 15) is 4.79 Å². The summed E-state index contributed by atoms with van der Waals surface area (Å²) < 4.78 is 0. The maximum absolute atomic E-state index is 12.0. The predicted molar refractivity (Wildman–Crippen MR) is 82.7 cm³/mol. The Labute approximate surface area is 118 Å². The molecule has 0 radical (unpaired) electrons. The van der Waals surface area contributed by atoms with Gasteiger partial charge in [-0.05, 0) is 28.5 Å². The molecule has 2 heteroatoms. The van der Waals surface area contributed by atoms with Crippen molar-refractivity contribution in [2.45, 2.75) is 6.42 Å². The molecule has 0 atom stereocenters. The molecule has 3 aromatic rings. The maximum Gasteiger partial charge on any atom is 0.228 e. The number of carbonyl (C=O) groups excluding carboxylic acids is 1. The number of anilines is 1. The Morgan fingerprint density at radius 1 is 0.800 bits per heavy atom. The highest BCUT2D eigenvalue weighted by molar-refractivity contribution is 5.95. The average Bonchev–Trinajstić information content (AvgIpc) is 2.48. The topological polar surface area (TPSA) is 29.1 Å². The SMILES string of the molecule is O=C(Cc1ccccc1)Nc1ccc2ccccc2c1. The summed E-state index contributed by atoms with van der Waals surface area (Å²) in [7, 11) is 0. The number of hydrogen-bond acceptors (Lipinski definition) is 1. The molecule has 0 aromatic heterocycles. The summed E-state index contributed by atoms with van der Waals surface area (Å²) in [4.78, 5) is 12.0. The van der Waals surface area contributed by atoms with Crippen LogP contribution in [0.5, 0.6) is 0 Å². The highest BCUT2D eigenvalue weighted by atomic mass is 16.1. The third-order valence-electron chi connectivity index (χ3n) is 3.24. The number of nitrogens with one attached hydrogen (secondary N) is 1. The molecule has 2 nitrogen and oxygen atoms in total. The van der Waals surface area contributed by atoms with E-state index in [0.717, 1.165) is 16.6 Å². The molecule has 0 aliphatic rings. The lowest BCUT2D eigenvalue weighted by Crippen LogP contribution is -2.14. The van der Waals surface area contributed by atoms with Crippen molar-refractivity contribution in [1.29, 1.82) is 0 Å². The van der Waals surface area contributed by atoms with E-state index < -0.39 is 0 Å². The van der Waals surface area contributed by atoms with Gasteiger partial charge in [0, 0.05) is 5.69 Å². The summed E-state index contributed by atoms with van der Waals surface area (Å²) in [5.41, 5.74) is 1.86. The molecule has 3 aromatic carbocycles. The summed E-state index contributed by atoms with van der Waals surface area (Å²) in [5.74, 6) is 0.00600. The number of amides is 1. The van der Waals surface area contributed by atoms with Crippen LogP contribution in [0.2, 0.25) is 0 Å². The van der Waals surface area contributed by atoms with Gasteiger partial charge >= 0.3 is 0 Å². The van der Waals surface area contributed by atoms with E-state index in [0.29, 0.717) is 6.42 Å². The molecule has 98 valence electrons. The standard InChI is InChI=1S/C18H15NO/c20-18(12-14-6-2-1-3-7-14)19-17-11-10-15-8-4-5-9-16(15)13-17/h1-11,13H,12H2,(H,19,20). The quantitative estimate of drug-likeness (QED) is 0.758. The summed E-state index contributed by atoms with van der Waals surface area (Å²) in [6.45, 7) is 0. The van der Waals surface area contributed by atoms with Crippen molar-refractivity contribution in [2.75, 3.05) is 5.32 Å². The van der Waals surface area contributed by atoms with Gasteiger partial charge in [-0.3, -0.25) is 4.79 Å². The van der Waals surface area contributed by atoms with Crippen LogP contribution in [-0.2, 0) is 11.2 Å². The van der Waals surface area contributed by atoms with Crippen LogP contribution in [-0.4, -0.2) is 5.91 Å². The fraction of sp³-hybridized carbons (Fsp3) is 0.0556. The van der Waals surface area contributed by atoms with Crippen LogP contribution in [0, 0.1) is 0 Å². The molecule has 0 unspecified atom stereocenters. The molecule has 3 rings (SSSR count). The Morgan fingerprint density at radius 2 is 1.50 bits per heavy atom. The minimum atomic E-state index is 0.00600. The number of rotatable bonds is 3. The molecule has 0 fully saturated rings. The minimum Gasteiger partial charge on any atom is -0.326 e. The number of carbonyl (C=O) groups is 1. The Hall–Kier alpha value is -2.61. The molecule has 0 spiro atoms. The third kappa shape index (κ3) is 2.86. The van der Waals surface area contributed by atoms with E-state index in [1.165, 1.54) is 5.39 Å². The second-order valence-corrected chi connectivity index (χ2v) is 4.77. The van der Waals surface area contributed by atoms with Crippen LogP contribution in [0.3, 0.4) is 0 Å². The van der Waals surface area contributed by atoms with Crippen LogP contribution in [0.15, 0.2) is 72.8 Å². The van der Waals surface area contributed by atoms with E-state index in [4.69, 9.17) is 0 Å². The smallest absolute Gasteiger partial charge is 0.228 e. The summed E-state index contributed by atoms with van der Waals surface area (Å²) in [5, 5.41) is 5.25. The van der Waals surface area contributed by atoms with E-state index in [2.05, 4.69) is 11.4 Å². The van der Waals surface area contributed by atoms with Gasteiger partial charge in [0.25, 0.3) is 0 Å². The van der Waals surface area contributed by atoms with Crippen LogP contribution >= 0.6 is 0 Å². The predicted octanol–water partition coefficient (Wildman–Crippen LogP) is 4.02. The van der Waals surface area contributed by atoms with Crippen molar-refractivity contribution in [3.63, 3.8) is 0 Å². The van der Waals surface area contributed by atoms with Crippen molar-refractivity contribution in [1.82, 2.24) is 0 Å². The average molecular weight is 261 g/mol. The van der Waals surface area contributed by atoms with E-state index >= 15 is 0 Å². The number of hydrogen-bond donors (Lipinski definition) is 1. The first-order valence-corrected chi connectivity index (χ1v) is 6.64. The van der Waals surface area contributed by atoms with Crippen molar-refractivity contribution in [2.24, 2.45) is 0 Å². The lowest BCUT2D eigenvalue weighted by atomic mass is 10.1. The van der Waals surface area contributed by atoms with E-state index in [-0.39, 0.29) is 5.91 Å². The second kappa shape index (κ2) is 5.57. The monoisotopic (exact) mass is 261 g/mol. The minimum absolute atomic E-state index is 0.00600. The highest BCUT2D eigenvalue weighted by Crippen LogP contribution is 2.19. The normalized spacial score (nSPS) is 10.4. The molecule has 0 bridgehead atoms. The van der Waals surface area contributed by atoms with Crippen molar-refractivity contribution in [3.8, 4) is 0 Å². The molecule has 0 heterocycles. The lowest BCUT2D eigenvalue weighted by Gasteiger charge is -2.06. The first-order valence-electron chi connectivity index (χ1n) is 6.64. The molecule has 1 N–H and O–H groups in total. The van der Waals surface area contributed by atoms with Crippen molar-refractivity contribution >= 4 is 22.4 Å². The molecule has 1 amide bonds. The number of fused-ring (bicyclic) bond motifs is 1. The van der Waals surface area contributed by atoms with Crippen LogP contribution < -0.4 is 5.32 Å². The van der Waals surface area contributed by atoms with Gasteiger partial charge in [-0.1, -0.05) is 60.7 Å². The lowest BCUT2D eigenvalue weighted by molar-refractivity contribution is -0.115. The van der Waals surface area contributed by atoms with Gasteiger partial charge in [0.15, 0.2) is 0 Å². The van der Waals surface area contributed by atoms with Gasteiger partial charge in [-0.25, -0.2) is 0 Å². The fourth-order valence-corrected chi connectivity index (χ4v) is 2.25. The van der Waals surface area contributed by atoms with Gasteiger partial charge < -0.3 is 5.32 Å². The third-order valence-corrected chi connectivity index (χ3v) is 3.24. The fourth-order valence-electron chi connectivity index (χ4n) is 2.25. The van der Waals surface area contributed by atoms with Crippen LogP contribution in [0.25, 0.3) is 10.8 Å². The van der Waals surface area contributed by atoms with Crippen LogP contribution in [0.1, 0.15) is 5.56 Å². The largest absolute Gasteiger partial charge is 0.326 e. The number of benzene rings is 3. The van der Waals surface area contributed by atoms with Gasteiger partial charge in [0.05, 0.1) is 6.42 Å². The van der Waals surface area contributed by atoms with Gasteiger partial charge in [0.1, 0.15) is 0 Å². The Bertz CT molecular complexity index is 735. The van der Waals surface area contributed by atoms with Gasteiger partial charge in [0.2, 0.25) is 5.91 Å². The molecular weight excluding hydrogens is 246 g/mol. The Kier molecular flexibility index (Phi) is 3.46. The van der Waals surface area contributed by atoms with Gasteiger partial charge in [-0.15, -0.1) is 0 Å². The molecule has 0 saturated carbocycles. The first-order chi connectivity index (χ1) is 9.81. The summed E-state index contributed by atoms with van der Waals surface area (Å²) in [6, 6.07) is 23.8. The highest BCUT2D eigenvalue weighted by Gasteiger charge is 2.04. The molecule has 0 aliphatic carbocycles. The second-order valence-electron chi connectivity index (χ2n) is 4.77. The summed E-state index contributed by atoms with van der Waals surface area (Å²) >= 11 is 0. The molecular formula is C18H15NO. The molecule has 0 saturated heterocycles. The zero-order chi connectivity index (χ0) is 13.8. The molecule has 0 aliphatic heterocycles. The van der Waals surface area contributed by atoms with Gasteiger partial charge in [-0.2, -0.15) is 0 Å². The van der Waals surface area contributed by atoms with Crippen molar-refractivity contribution in [3.05, 3.63) is 78.4 Å². The van der Waals surface area contributed by atoms with Crippen molar-refractivity contribution < 1.29 is 4.79 Å². The van der Waals surface area contributed by atoms with E-state index in [1.54, 1.807) is 0 Å². The Balaban J connectivity index is 1.74. The zero-order valence-corrected chi connectivity index (χ0v) is 11.0. The Morgan fingerprint density at radius 3 is 2.30 bits per heavy atom. The maximum atomic E-state index is 12.0. The summed E-state index contributed by atoms with van der Waals surface area (Å²) in [6.07, 6.45) is 0.396. The zero-order valence-electron chi connectivity index (χ0n) is 11.0.